The Hall–Kier alpha value is 0.935. The smallest absolute Gasteiger partial charge is 0 e. The maximum absolute atomic E-state index is 2.00. The van der Waals surface area contributed by atoms with E-state index in [0.717, 1.165) is 0 Å². The van der Waals surface area contributed by atoms with E-state index < -0.39 is 0 Å². The summed E-state index contributed by atoms with van der Waals surface area (Å²) < 4.78 is 0. The maximum Gasteiger partial charge on any atom is 0 e. The monoisotopic (exact) mass is 90.0 g/mol. The summed E-state index contributed by atoms with van der Waals surface area (Å²) in [7, 11) is 0. The predicted octanol–water partition coefficient (Wildman–Crippen LogP) is 0.0201. The second kappa shape index (κ2) is 3.14. The summed E-state index contributed by atoms with van der Waals surface area (Å²) in [6.07, 6.45) is 2.00. The van der Waals surface area contributed by atoms with Crippen LogP contribution in [0.5, 0.6) is 0 Å². The zero-order valence-corrected chi connectivity index (χ0v) is 3.37. The number of allylic oxidation sites excluding steroid dienone is 1. The summed E-state index contributed by atoms with van der Waals surface area (Å²) in [6, 6.07) is 0. The number of rotatable bonds is 0. The molecule has 0 N–H and O–H groups in total. The van der Waals surface area contributed by atoms with Crippen molar-refractivity contribution >= 4 is 12.9 Å². The second-order valence-corrected chi connectivity index (χ2v) is 0.770. The Kier molecular flexibility index (Phi) is 3.72. The fourth-order valence-corrected chi connectivity index (χ4v) is 0.111. The number of hydrogen-bond acceptors (Lipinski definition) is 0. The average molecular weight is 89.8 g/mol. The largest absolute Gasteiger partial charge is 0 e. The fraction of sp³-hybridized carbons (Fsp3) is 0. The van der Waals surface area contributed by atoms with Gasteiger partial charge in [-0.3, -0.25) is 0 Å². The Bertz CT molecular complexity index is 47.3. The van der Waals surface area contributed by atoms with E-state index in [1.165, 1.54) is 0 Å². The Morgan fingerprint density at radius 3 is 1.60 bits per heavy atom. The van der Waals surface area contributed by atoms with Crippen LogP contribution in [0.25, 0.3) is 0 Å². The van der Waals surface area contributed by atoms with Crippen molar-refractivity contribution < 1.29 is 37.7 Å². The minimum Gasteiger partial charge on any atom is 0 e. The van der Waals surface area contributed by atoms with Crippen molar-refractivity contribution in [3.05, 3.63) is 12.1 Å². The van der Waals surface area contributed by atoms with E-state index in [-0.39, 0.29) is 37.7 Å². The summed E-state index contributed by atoms with van der Waals surface area (Å²) in [5.74, 6) is 4.00. The topological polar surface area (TPSA) is 0 Å². The van der Waals surface area contributed by atoms with Crippen LogP contribution in [0.1, 0.15) is 0 Å². The van der Waals surface area contributed by atoms with Gasteiger partial charge in [0.15, 0.2) is 0 Å². The third kappa shape index (κ3) is 1.75. The van der Waals surface area contributed by atoms with Crippen molar-refractivity contribution in [3.63, 3.8) is 0 Å². The van der Waals surface area contributed by atoms with E-state index in [4.69, 9.17) is 0 Å². The minimum atomic E-state index is 0. The summed E-state index contributed by atoms with van der Waals surface area (Å²) in [5, 5.41) is 0. The molecule has 5 heavy (non-hydrogen) atoms. The molecule has 0 saturated carbocycles. The first-order valence-electron chi connectivity index (χ1n) is 1.33. The molecular weight excluding hydrogens is 86.8 g/mol. The summed E-state index contributed by atoms with van der Waals surface area (Å²) in [6.45, 7) is 2.00. The van der Waals surface area contributed by atoms with Gasteiger partial charge < -0.3 is 0 Å². The Morgan fingerprint density at radius 2 is 1.60 bits per heavy atom. The molecule has 1 aliphatic rings. The summed E-state index contributed by atoms with van der Waals surface area (Å²) >= 11 is 0. The number of hydrogen-bond donors (Lipinski definition) is 0. The molecular formula is C3H3ArB. The molecule has 0 spiro atoms. The molecule has 0 radical (unpaired) electrons. The van der Waals surface area contributed by atoms with Crippen LogP contribution in [0.4, 0.5) is 0 Å². The van der Waals surface area contributed by atoms with Crippen LogP contribution in [0.2, 0.25) is 0 Å². The molecule has 0 aliphatic carbocycles. The van der Waals surface area contributed by atoms with E-state index in [0.29, 0.717) is 0 Å². The molecule has 0 bridgehead atoms. The molecule has 1 rings (SSSR count). The quantitative estimate of drug-likeness (QED) is 0.368. The first-order chi connectivity index (χ1) is 2.00. The molecule has 2 heteroatoms. The molecule has 0 aromatic heterocycles. The standard InChI is InChI=1S/C3H3B.Ar/c1-2-4-3-1;/h1-3H;. The second-order valence-electron chi connectivity index (χ2n) is 0.770. The normalized spacial score (nSPS) is 11.2. The van der Waals surface area contributed by atoms with Crippen molar-refractivity contribution in [3.8, 4) is 0 Å². The summed E-state index contributed by atoms with van der Waals surface area (Å²) in [5.41, 5.74) is 0. The van der Waals surface area contributed by atoms with Gasteiger partial charge in [0.05, 0.1) is 0 Å². The zero-order valence-electron chi connectivity index (χ0n) is 2.66. The van der Waals surface area contributed by atoms with Crippen molar-refractivity contribution in [2.75, 3.05) is 0 Å². The van der Waals surface area contributed by atoms with Crippen molar-refractivity contribution in [1.82, 2.24) is 0 Å². The molecule has 0 aromatic carbocycles. The molecule has 0 amide bonds. The molecule has 0 saturated heterocycles. The summed E-state index contributed by atoms with van der Waals surface area (Å²) in [4.78, 5) is 0. The van der Waals surface area contributed by atoms with E-state index in [9.17, 15) is 0 Å². The maximum atomic E-state index is 2.00. The third-order valence-corrected chi connectivity index (χ3v) is 0.444. The molecule has 0 aromatic rings. The first-order valence-corrected chi connectivity index (χ1v) is 1.33. The van der Waals surface area contributed by atoms with Gasteiger partial charge in [-0.2, -0.15) is 0 Å². The predicted molar refractivity (Wildman–Crippen MR) is 21.0 cm³/mol. The molecule has 0 atom stereocenters. The molecule has 1 heterocycles. The molecule has 0 nitrogen and oxygen atoms in total. The molecule has 0 fully saturated rings. The Morgan fingerprint density at radius 1 is 1.40 bits per heavy atom. The SMILES string of the molecule is B1=CC=C1.[Ar]. The van der Waals surface area contributed by atoms with Crippen LogP contribution in [-0.2, 0) is 0 Å². The molecule has 1 aliphatic heterocycles. The Balaban J connectivity index is 0.000000160. The van der Waals surface area contributed by atoms with Crippen LogP contribution in [0, 0.1) is 37.7 Å². The van der Waals surface area contributed by atoms with Gasteiger partial charge in [-0.1, -0.05) is 0 Å². The van der Waals surface area contributed by atoms with Crippen LogP contribution in [0.15, 0.2) is 12.1 Å². The van der Waals surface area contributed by atoms with Crippen LogP contribution < -0.4 is 0 Å². The van der Waals surface area contributed by atoms with Gasteiger partial charge in [0.1, 0.15) is 0 Å². The first kappa shape index (κ1) is 5.93. The van der Waals surface area contributed by atoms with E-state index in [2.05, 4.69) is 0 Å². The average Bonchev–Trinajstić information content (AvgIpc) is 0.722. The van der Waals surface area contributed by atoms with Gasteiger partial charge in [-0.25, -0.2) is 0 Å². The third-order valence-electron chi connectivity index (χ3n) is 0.444. The van der Waals surface area contributed by atoms with Gasteiger partial charge in [0, 0.05) is 37.7 Å². The fourth-order valence-electron chi connectivity index (χ4n) is 0.111. The molecule has 26 valence electrons. The van der Waals surface area contributed by atoms with Gasteiger partial charge in [0.25, 0.3) is 0 Å². The van der Waals surface area contributed by atoms with Crippen LogP contribution in [-0.4, -0.2) is 12.9 Å². The van der Waals surface area contributed by atoms with Gasteiger partial charge in [-0.05, 0) is 0 Å². The minimum absolute atomic E-state index is 0. The Labute approximate surface area is 62.2 Å². The van der Waals surface area contributed by atoms with Crippen LogP contribution >= 0.6 is 0 Å². The van der Waals surface area contributed by atoms with E-state index >= 15 is 0 Å². The van der Waals surface area contributed by atoms with Crippen molar-refractivity contribution in [1.29, 1.82) is 0 Å². The van der Waals surface area contributed by atoms with Gasteiger partial charge >= 0.3 is 24.9 Å². The molecule has 0 unspecified atom stereocenters. The van der Waals surface area contributed by atoms with Crippen LogP contribution in [0.3, 0.4) is 0 Å². The van der Waals surface area contributed by atoms with E-state index in [1.54, 1.807) is 0 Å². The van der Waals surface area contributed by atoms with Gasteiger partial charge in [-0.15, -0.1) is 0 Å². The zero-order chi connectivity index (χ0) is 2.83. The van der Waals surface area contributed by atoms with E-state index in [1.807, 2.05) is 24.9 Å². The van der Waals surface area contributed by atoms with Gasteiger partial charge in [0.2, 0.25) is 0 Å². The van der Waals surface area contributed by atoms with Crippen molar-refractivity contribution in [2.45, 2.75) is 0 Å². The van der Waals surface area contributed by atoms with Crippen molar-refractivity contribution in [2.24, 2.45) is 0 Å².